The molecule has 0 aliphatic heterocycles. The van der Waals surface area contributed by atoms with Gasteiger partial charge in [0.1, 0.15) is 11.4 Å². The van der Waals surface area contributed by atoms with Gasteiger partial charge in [0.15, 0.2) is 0 Å². The topological polar surface area (TPSA) is 74.5 Å². The summed E-state index contributed by atoms with van der Waals surface area (Å²) in [5.74, 6) is 0.827. The van der Waals surface area contributed by atoms with Crippen molar-refractivity contribution in [1.82, 2.24) is 10.6 Å². The van der Waals surface area contributed by atoms with E-state index >= 15 is 0 Å². The quantitative estimate of drug-likeness (QED) is 0.767. The average molecular weight is 308 g/mol. The van der Waals surface area contributed by atoms with E-state index in [-0.39, 0.29) is 18.6 Å². The zero-order valence-electron chi connectivity index (χ0n) is 12.1. The number of carbonyl (C=O) groups excluding carboxylic acids is 1. The number of rotatable bonds is 6. The van der Waals surface area contributed by atoms with E-state index in [9.17, 15) is 9.90 Å². The van der Waals surface area contributed by atoms with Crippen molar-refractivity contribution < 1.29 is 14.3 Å². The molecule has 2 heterocycles. The fraction of sp³-hybridized carbons (Fsp3) is 0.400. The molecule has 0 aliphatic rings. The summed E-state index contributed by atoms with van der Waals surface area (Å²) < 4.78 is 5.24. The Bertz CT molecular complexity index is 550. The standard InChI is InChI=1S/C15H20N2O3S/c1-11(8-13-4-3-6-20-13)17-14(18)16-10-15(2,19)12-5-7-21-9-12/h3-7,9,11,19H,8,10H2,1-2H3,(H2,16,17,18). The molecule has 21 heavy (non-hydrogen) atoms. The number of urea groups is 1. The van der Waals surface area contributed by atoms with Crippen molar-refractivity contribution in [3.05, 3.63) is 46.5 Å². The fourth-order valence-electron chi connectivity index (χ4n) is 1.98. The Morgan fingerprint density at radius 3 is 2.95 bits per heavy atom. The maximum Gasteiger partial charge on any atom is 0.315 e. The number of carbonyl (C=O) groups is 1. The van der Waals surface area contributed by atoms with Crippen molar-refractivity contribution in [2.45, 2.75) is 31.9 Å². The fourth-order valence-corrected chi connectivity index (χ4v) is 2.76. The van der Waals surface area contributed by atoms with Gasteiger partial charge in [-0.2, -0.15) is 11.3 Å². The second kappa shape index (κ2) is 6.78. The van der Waals surface area contributed by atoms with Crippen LogP contribution in [0.25, 0.3) is 0 Å². The molecule has 114 valence electrons. The third kappa shape index (κ3) is 4.61. The molecule has 2 amide bonds. The largest absolute Gasteiger partial charge is 0.469 e. The van der Waals surface area contributed by atoms with E-state index in [0.717, 1.165) is 11.3 Å². The summed E-state index contributed by atoms with van der Waals surface area (Å²) in [6, 6.07) is 5.19. The van der Waals surface area contributed by atoms with Crippen molar-refractivity contribution in [3.63, 3.8) is 0 Å². The van der Waals surface area contributed by atoms with Gasteiger partial charge in [0, 0.05) is 12.5 Å². The third-order valence-corrected chi connectivity index (χ3v) is 3.88. The minimum absolute atomic E-state index is 0.0535. The van der Waals surface area contributed by atoms with Gasteiger partial charge in [-0.25, -0.2) is 4.79 Å². The normalized spacial score (nSPS) is 15.2. The molecule has 0 aliphatic carbocycles. The van der Waals surface area contributed by atoms with Crippen LogP contribution in [0.2, 0.25) is 0 Å². The number of aliphatic hydroxyl groups is 1. The van der Waals surface area contributed by atoms with E-state index in [0.29, 0.717) is 6.42 Å². The smallest absolute Gasteiger partial charge is 0.315 e. The van der Waals surface area contributed by atoms with Crippen molar-refractivity contribution >= 4 is 17.4 Å². The summed E-state index contributed by atoms with van der Waals surface area (Å²) in [5.41, 5.74) is -0.266. The maximum absolute atomic E-state index is 11.8. The third-order valence-electron chi connectivity index (χ3n) is 3.20. The minimum Gasteiger partial charge on any atom is -0.469 e. The van der Waals surface area contributed by atoms with Crippen molar-refractivity contribution in [3.8, 4) is 0 Å². The van der Waals surface area contributed by atoms with E-state index in [2.05, 4.69) is 10.6 Å². The summed E-state index contributed by atoms with van der Waals surface area (Å²) in [7, 11) is 0. The molecule has 0 radical (unpaired) electrons. The van der Waals surface area contributed by atoms with Crippen molar-refractivity contribution in [2.75, 3.05) is 6.54 Å². The van der Waals surface area contributed by atoms with Crippen LogP contribution in [-0.2, 0) is 12.0 Å². The van der Waals surface area contributed by atoms with Gasteiger partial charge >= 0.3 is 6.03 Å². The lowest BCUT2D eigenvalue weighted by Crippen LogP contribution is -2.46. The Morgan fingerprint density at radius 2 is 2.33 bits per heavy atom. The lowest BCUT2D eigenvalue weighted by atomic mass is 9.99. The summed E-state index contributed by atoms with van der Waals surface area (Å²) in [4.78, 5) is 11.8. The average Bonchev–Trinajstić information content (AvgIpc) is 3.09. The first-order valence-electron chi connectivity index (χ1n) is 6.79. The maximum atomic E-state index is 11.8. The molecule has 3 N–H and O–H groups in total. The molecule has 2 aromatic rings. The van der Waals surface area contributed by atoms with Gasteiger partial charge in [0.25, 0.3) is 0 Å². The molecule has 5 nitrogen and oxygen atoms in total. The van der Waals surface area contributed by atoms with E-state index in [1.807, 2.05) is 35.9 Å². The van der Waals surface area contributed by atoms with Gasteiger partial charge in [-0.05, 0) is 48.4 Å². The molecular formula is C15H20N2O3S. The highest BCUT2D eigenvalue weighted by Crippen LogP contribution is 2.21. The second-order valence-electron chi connectivity index (χ2n) is 5.30. The van der Waals surface area contributed by atoms with Crippen LogP contribution in [0.4, 0.5) is 4.79 Å². The highest BCUT2D eigenvalue weighted by Gasteiger charge is 2.24. The molecule has 0 bridgehead atoms. The second-order valence-corrected chi connectivity index (χ2v) is 6.08. The number of nitrogens with one attached hydrogen (secondary N) is 2. The molecule has 6 heteroatoms. The molecule has 2 atom stereocenters. The molecule has 0 saturated heterocycles. The lowest BCUT2D eigenvalue weighted by molar-refractivity contribution is 0.0597. The number of hydrogen-bond donors (Lipinski definition) is 3. The predicted octanol–water partition coefficient (Wildman–Crippen LogP) is 2.48. The highest BCUT2D eigenvalue weighted by molar-refractivity contribution is 7.08. The van der Waals surface area contributed by atoms with E-state index in [4.69, 9.17) is 4.42 Å². The van der Waals surface area contributed by atoms with Crippen LogP contribution in [0.3, 0.4) is 0 Å². The number of furan rings is 1. The Labute approximate surface area is 128 Å². The molecule has 0 fully saturated rings. The Hall–Kier alpha value is -1.79. The molecule has 2 aromatic heterocycles. The van der Waals surface area contributed by atoms with E-state index in [1.165, 1.54) is 11.3 Å². The monoisotopic (exact) mass is 308 g/mol. The summed E-state index contributed by atoms with van der Waals surface area (Å²) in [6.45, 7) is 3.74. The van der Waals surface area contributed by atoms with E-state index in [1.54, 1.807) is 13.2 Å². The minimum atomic E-state index is -1.07. The molecular weight excluding hydrogens is 288 g/mol. The first-order valence-corrected chi connectivity index (χ1v) is 7.73. The van der Waals surface area contributed by atoms with Gasteiger partial charge in [-0.15, -0.1) is 0 Å². The van der Waals surface area contributed by atoms with Crippen LogP contribution in [0.15, 0.2) is 39.6 Å². The molecule has 0 aromatic carbocycles. The summed E-state index contributed by atoms with van der Waals surface area (Å²) in [6.07, 6.45) is 2.24. The van der Waals surface area contributed by atoms with Crippen LogP contribution in [0, 0.1) is 0 Å². The lowest BCUT2D eigenvalue weighted by Gasteiger charge is -2.23. The first-order chi connectivity index (χ1) is 9.97. The van der Waals surface area contributed by atoms with E-state index < -0.39 is 5.60 Å². The van der Waals surface area contributed by atoms with Crippen LogP contribution in [0.1, 0.15) is 25.2 Å². The van der Waals surface area contributed by atoms with Crippen molar-refractivity contribution in [2.24, 2.45) is 0 Å². The van der Waals surface area contributed by atoms with Gasteiger partial charge in [0.05, 0.1) is 12.8 Å². The Kier molecular flexibility index (Phi) is 5.03. The number of amides is 2. The zero-order valence-corrected chi connectivity index (χ0v) is 12.9. The van der Waals surface area contributed by atoms with Gasteiger partial charge < -0.3 is 20.2 Å². The number of hydrogen-bond acceptors (Lipinski definition) is 4. The SMILES string of the molecule is CC(Cc1ccco1)NC(=O)NCC(C)(O)c1ccsc1. The van der Waals surface area contributed by atoms with Crippen LogP contribution in [-0.4, -0.2) is 23.7 Å². The highest BCUT2D eigenvalue weighted by atomic mass is 32.1. The van der Waals surface area contributed by atoms with Crippen LogP contribution in [0.5, 0.6) is 0 Å². The molecule has 2 rings (SSSR count). The molecule has 0 saturated carbocycles. The summed E-state index contributed by atoms with van der Waals surface area (Å²) in [5, 5.41) is 19.6. The molecule has 0 spiro atoms. The van der Waals surface area contributed by atoms with Gasteiger partial charge in [-0.3, -0.25) is 0 Å². The predicted molar refractivity (Wildman–Crippen MR) is 82.3 cm³/mol. The van der Waals surface area contributed by atoms with Crippen molar-refractivity contribution in [1.29, 1.82) is 0 Å². The van der Waals surface area contributed by atoms with Gasteiger partial charge in [0.2, 0.25) is 0 Å². The Balaban J connectivity index is 1.77. The zero-order chi connectivity index (χ0) is 15.3. The molecule has 2 unspecified atom stereocenters. The number of thiophene rings is 1. The first kappa shape index (κ1) is 15.6. The van der Waals surface area contributed by atoms with Crippen LogP contribution >= 0.6 is 11.3 Å². The van der Waals surface area contributed by atoms with Gasteiger partial charge in [-0.1, -0.05) is 0 Å². The van der Waals surface area contributed by atoms with Crippen LogP contribution < -0.4 is 10.6 Å². The Morgan fingerprint density at radius 1 is 1.52 bits per heavy atom. The summed E-state index contributed by atoms with van der Waals surface area (Å²) >= 11 is 1.51.